The number of hydrogen-bond acceptors (Lipinski definition) is 5. The molecule has 0 saturated heterocycles. The Hall–Kier alpha value is -3.44. The normalized spacial score (nSPS) is 14.9. The number of carbonyl (C=O) groups is 2. The largest absolute Gasteiger partial charge is 0.417 e. The lowest BCUT2D eigenvalue weighted by Crippen LogP contribution is -2.39. The van der Waals surface area contributed by atoms with Crippen LogP contribution in [0.3, 0.4) is 0 Å². The molecule has 1 fully saturated rings. The first-order valence-corrected chi connectivity index (χ1v) is 12.2. The van der Waals surface area contributed by atoms with Gasteiger partial charge in [-0.2, -0.15) is 13.2 Å². The van der Waals surface area contributed by atoms with Crippen LogP contribution >= 0.6 is 0 Å². The molecule has 0 atom stereocenters. The van der Waals surface area contributed by atoms with E-state index in [1.54, 1.807) is 0 Å². The number of imidazole rings is 1. The minimum absolute atomic E-state index is 0.0433. The number of aromatic nitrogens is 2. The van der Waals surface area contributed by atoms with Gasteiger partial charge in [0, 0.05) is 13.7 Å². The average molecular weight is 518 g/mol. The zero-order valence-electron chi connectivity index (χ0n) is 20.5. The van der Waals surface area contributed by atoms with Crippen LogP contribution in [-0.2, 0) is 17.5 Å². The standard InChI is InChI=1S/C26H30F3N5O3/c1-37-15-22-32-21-13-17(34(30)25(36)18-10-6-7-11-20(18)26(27,28)29)12-19(23(21)33-22)24(35)31-14-16-8-4-2-3-5-9-16/h6-7,10-13,16H,2-5,8-9,14-15,30H2,1H3,(H,31,35)(H,32,33). The Bertz CT molecular complexity index is 1270. The number of H-pyrrole nitrogens is 1. The molecule has 1 aliphatic carbocycles. The van der Waals surface area contributed by atoms with Crippen LogP contribution in [0.2, 0.25) is 0 Å². The molecule has 37 heavy (non-hydrogen) atoms. The number of fused-ring (bicyclic) bond motifs is 1. The summed E-state index contributed by atoms with van der Waals surface area (Å²) < 4.78 is 45.6. The van der Waals surface area contributed by atoms with Crippen LogP contribution in [0.5, 0.6) is 0 Å². The number of halogens is 3. The van der Waals surface area contributed by atoms with Crippen LogP contribution in [0, 0.1) is 5.92 Å². The van der Waals surface area contributed by atoms with Crippen LogP contribution in [-0.4, -0.2) is 35.4 Å². The number of nitrogens with two attached hydrogens (primary N) is 1. The first-order chi connectivity index (χ1) is 17.7. The van der Waals surface area contributed by atoms with E-state index in [2.05, 4.69) is 15.3 Å². The van der Waals surface area contributed by atoms with Crippen LogP contribution in [0.25, 0.3) is 11.0 Å². The van der Waals surface area contributed by atoms with Gasteiger partial charge in [0.15, 0.2) is 0 Å². The number of ether oxygens (including phenoxy) is 1. The number of anilines is 1. The molecule has 1 saturated carbocycles. The predicted molar refractivity (Wildman–Crippen MR) is 133 cm³/mol. The van der Waals surface area contributed by atoms with Gasteiger partial charge in [-0.3, -0.25) is 9.59 Å². The third-order valence-electron chi connectivity index (χ3n) is 6.63. The molecule has 2 amide bonds. The Kier molecular flexibility index (Phi) is 8.13. The molecular formula is C26H30F3N5O3. The van der Waals surface area contributed by atoms with Crippen molar-refractivity contribution < 1.29 is 27.5 Å². The molecule has 1 aromatic heterocycles. The van der Waals surface area contributed by atoms with E-state index in [9.17, 15) is 22.8 Å². The van der Waals surface area contributed by atoms with E-state index in [4.69, 9.17) is 10.6 Å². The number of alkyl halides is 3. The molecule has 0 unspecified atom stereocenters. The second-order valence-corrected chi connectivity index (χ2v) is 9.29. The molecule has 2 aromatic carbocycles. The Labute approximate surface area is 212 Å². The second-order valence-electron chi connectivity index (χ2n) is 9.29. The van der Waals surface area contributed by atoms with Crippen molar-refractivity contribution in [3.8, 4) is 0 Å². The first kappa shape index (κ1) is 26.6. The number of methoxy groups -OCH3 is 1. The summed E-state index contributed by atoms with van der Waals surface area (Å²) in [5, 5.41) is 3.58. The van der Waals surface area contributed by atoms with Crippen molar-refractivity contribution in [3.05, 3.63) is 58.9 Å². The molecule has 198 valence electrons. The highest BCUT2D eigenvalue weighted by Gasteiger charge is 2.36. The number of nitrogens with zero attached hydrogens (tertiary/aromatic N) is 2. The molecule has 0 bridgehead atoms. The fourth-order valence-corrected chi connectivity index (χ4v) is 4.73. The topological polar surface area (TPSA) is 113 Å². The number of aromatic amines is 1. The SMILES string of the molecule is COCc1nc2c(C(=O)NCC3CCCCCC3)cc(N(N)C(=O)c3ccccc3C(F)(F)F)cc2[nH]1. The van der Waals surface area contributed by atoms with Crippen molar-refractivity contribution in [1.82, 2.24) is 15.3 Å². The Morgan fingerprint density at radius 2 is 1.84 bits per heavy atom. The fourth-order valence-electron chi connectivity index (χ4n) is 4.73. The van der Waals surface area contributed by atoms with Crippen molar-refractivity contribution in [2.75, 3.05) is 18.7 Å². The molecule has 11 heteroatoms. The van der Waals surface area contributed by atoms with Crippen molar-refractivity contribution in [2.45, 2.75) is 51.3 Å². The quantitative estimate of drug-likeness (QED) is 0.178. The summed E-state index contributed by atoms with van der Waals surface area (Å²) in [6.07, 6.45) is 1.99. The van der Waals surface area contributed by atoms with Crippen LogP contribution in [0.4, 0.5) is 18.9 Å². The van der Waals surface area contributed by atoms with E-state index in [0.29, 0.717) is 34.3 Å². The molecular weight excluding hydrogens is 487 g/mol. The maximum Gasteiger partial charge on any atom is 0.417 e. The zero-order valence-corrected chi connectivity index (χ0v) is 20.5. The van der Waals surface area contributed by atoms with E-state index in [-0.39, 0.29) is 17.9 Å². The molecule has 0 aliphatic heterocycles. The second kappa shape index (κ2) is 11.3. The lowest BCUT2D eigenvalue weighted by molar-refractivity contribution is -0.137. The first-order valence-electron chi connectivity index (χ1n) is 12.2. The molecule has 4 N–H and O–H groups in total. The maximum absolute atomic E-state index is 13.5. The van der Waals surface area contributed by atoms with Gasteiger partial charge < -0.3 is 15.0 Å². The van der Waals surface area contributed by atoms with Gasteiger partial charge in [0.1, 0.15) is 17.9 Å². The third kappa shape index (κ3) is 6.11. The van der Waals surface area contributed by atoms with Crippen LogP contribution in [0.1, 0.15) is 70.6 Å². The Morgan fingerprint density at radius 1 is 1.14 bits per heavy atom. The average Bonchev–Trinajstić information content (AvgIpc) is 3.10. The highest BCUT2D eigenvalue weighted by Crippen LogP contribution is 2.33. The van der Waals surface area contributed by atoms with Crippen molar-refractivity contribution in [1.29, 1.82) is 0 Å². The molecule has 3 aromatic rings. The van der Waals surface area contributed by atoms with E-state index >= 15 is 0 Å². The number of carbonyl (C=O) groups excluding carboxylic acids is 2. The van der Waals surface area contributed by atoms with Gasteiger partial charge in [-0.1, -0.05) is 37.8 Å². The van der Waals surface area contributed by atoms with E-state index in [1.165, 1.54) is 44.2 Å². The number of amides is 2. The van der Waals surface area contributed by atoms with Gasteiger partial charge in [0.05, 0.1) is 27.9 Å². The lowest BCUT2D eigenvalue weighted by Gasteiger charge is -2.20. The molecule has 0 radical (unpaired) electrons. The molecule has 1 aliphatic rings. The molecule has 4 rings (SSSR count). The monoisotopic (exact) mass is 517 g/mol. The number of hydrogen-bond donors (Lipinski definition) is 3. The van der Waals surface area contributed by atoms with Gasteiger partial charge in [0.2, 0.25) is 0 Å². The number of rotatable bonds is 7. The smallest absolute Gasteiger partial charge is 0.377 e. The highest BCUT2D eigenvalue weighted by molar-refractivity contribution is 6.10. The molecule has 1 heterocycles. The summed E-state index contributed by atoms with van der Waals surface area (Å²) in [5.74, 6) is 5.40. The summed E-state index contributed by atoms with van der Waals surface area (Å²) >= 11 is 0. The minimum atomic E-state index is -4.74. The van der Waals surface area contributed by atoms with E-state index in [1.807, 2.05) is 0 Å². The minimum Gasteiger partial charge on any atom is -0.377 e. The highest BCUT2D eigenvalue weighted by atomic mass is 19.4. The van der Waals surface area contributed by atoms with Crippen LogP contribution in [0.15, 0.2) is 36.4 Å². The van der Waals surface area contributed by atoms with Gasteiger partial charge in [-0.15, -0.1) is 0 Å². The van der Waals surface area contributed by atoms with Gasteiger partial charge in [-0.25, -0.2) is 15.8 Å². The van der Waals surface area contributed by atoms with E-state index in [0.717, 1.165) is 37.8 Å². The Morgan fingerprint density at radius 3 is 2.51 bits per heavy atom. The maximum atomic E-state index is 13.5. The van der Waals surface area contributed by atoms with Gasteiger partial charge >= 0.3 is 6.18 Å². The number of benzene rings is 2. The third-order valence-corrected chi connectivity index (χ3v) is 6.63. The zero-order chi connectivity index (χ0) is 26.6. The summed E-state index contributed by atoms with van der Waals surface area (Å²) in [5.41, 5.74) is -0.737. The van der Waals surface area contributed by atoms with Crippen molar-refractivity contribution in [2.24, 2.45) is 11.8 Å². The van der Waals surface area contributed by atoms with Gasteiger partial charge in [-0.05, 0) is 43.0 Å². The number of nitrogens with one attached hydrogen (secondary N) is 2. The predicted octanol–water partition coefficient (Wildman–Crippen LogP) is 4.95. The van der Waals surface area contributed by atoms with Crippen molar-refractivity contribution >= 4 is 28.5 Å². The van der Waals surface area contributed by atoms with Crippen LogP contribution < -0.4 is 16.2 Å². The molecule has 0 spiro atoms. The molecule has 8 nitrogen and oxygen atoms in total. The van der Waals surface area contributed by atoms with Crippen molar-refractivity contribution in [3.63, 3.8) is 0 Å². The fraction of sp³-hybridized carbons (Fsp3) is 0.423. The van der Waals surface area contributed by atoms with E-state index < -0.39 is 29.1 Å². The summed E-state index contributed by atoms with van der Waals surface area (Å²) in [6.45, 7) is 0.654. The lowest BCUT2D eigenvalue weighted by atomic mass is 10.0. The Balaban J connectivity index is 1.67. The summed E-state index contributed by atoms with van der Waals surface area (Å²) in [4.78, 5) is 33.8. The van der Waals surface area contributed by atoms with Gasteiger partial charge in [0.25, 0.3) is 11.8 Å². The number of hydrazine groups is 1. The summed E-state index contributed by atoms with van der Waals surface area (Å²) in [7, 11) is 1.50. The summed E-state index contributed by atoms with van der Waals surface area (Å²) in [6, 6.07) is 7.26.